The molecule has 1 N–H and O–H groups in total. The van der Waals surface area contributed by atoms with Crippen LogP contribution in [0.2, 0.25) is 0 Å². The first kappa shape index (κ1) is 19.8. The Morgan fingerprint density at radius 3 is 2.40 bits per heavy atom. The zero-order valence-corrected chi connectivity index (χ0v) is 17.4. The summed E-state index contributed by atoms with van der Waals surface area (Å²) in [4.78, 5) is 18.6. The van der Waals surface area contributed by atoms with Crippen LogP contribution in [0.4, 0.5) is 0 Å². The number of amides is 1. The van der Waals surface area contributed by atoms with E-state index in [0.717, 1.165) is 11.3 Å². The summed E-state index contributed by atoms with van der Waals surface area (Å²) < 4.78 is 16.2. The van der Waals surface area contributed by atoms with Gasteiger partial charge in [-0.1, -0.05) is 42.1 Å². The molecule has 0 saturated carbocycles. The fourth-order valence-electron chi connectivity index (χ4n) is 3.31. The second-order valence-corrected chi connectivity index (χ2v) is 7.19. The maximum Gasteiger partial charge on any atom is 0.283 e. The van der Waals surface area contributed by atoms with Gasteiger partial charge in [-0.3, -0.25) is 15.1 Å². The van der Waals surface area contributed by atoms with E-state index in [1.54, 1.807) is 23.1 Å². The largest absolute Gasteiger partial charge is 0.493 e. The van der Waals surface area contributed by atoms with Crippen molar-refractivity contribution >= 4 is 40.4 Å². The maximum atomic E-state index is 12.7. The van der Waals surface area contributed by atoms with Gasteiger partial charge in [-0.2, -0.15) is 4.99 Å². The topological polar surface area (TPSA) is 84.2 Å². The van der Waals surface area contributed by atoms with Crippen LogP contribution in [0.25, 0.3) is 11.8 Å². The van der Waals surface area contributed by atoms with E-state index < -0.39 is 5.91 Å². The number of nitrogens with one attached hydrogen (secondary N) is 1. The molecule has 0 fully saturated rings. The number of carbonyl (C=O) groups is 1. The number of amidine groups is 2. The first-order chi connectivity index (χ1) is 14.6. The lowest BCUT2D eigenvalue weighted by Gasteiger charge is -2.27. The van der Waals surface area contributed by atoms with Crippen LogP contribution in [0.3, 0.4) is 0 Å². The molecule has 0 spiro atoms. The van der Waals surface area contributed by atoms with Gasteiger partial charge in [0.2, 0.25) is 5.75 Å². The minimum absolute atomic E-state index is 0.0574. The van der Waals surface area contributed by atoms with Crippen LogP contribution in [-0.4, -0.2) is 43.1 Å². The summed E-state index contributed by atoms with van der Waals surface area (Å²) in [7, 11) is 4.56. The lowest BCUT2D eigenvalue weighted by atomic mass is 10.0. The second-order valence-electron chi connectivity index (χ2n) is 6.35. The van der Waals surface area contributed by atoms with Crippen LogP contribution in [0, 0.1) is 5.41 Å². The molecule has 0 unspecified atom stereocenters. The van der Waals surface area contributed by atoms with Crippen molar-refractivity contribution in [3.05, 3.63) is 64.6 Å². The number of ether oxygens (including phenoxy) is 3. The van der Waals surface area contributed by atoms with Crippen LogP contribution < -0.4 is 14.2 Å². The number of hydrogen-bond acceptors (Lipinski definition) is 6. The Hall–Kier alpha value is -3.52. The number of thioether (sulfide) groups is 1. The molecule has 30 heavy (non-hydrogen) atoms. The van der Waals surface area contributed by atoms with Gasteiger partial charge in [-0.25, -0.2) is 0 Å². The van der Waals surface area contributed by atoms with Crippen LogP contribution in [0.1, 0.15) is 11.1 Å². The number of fused-ring (bicyclic) bond motifs is 1. The summed E-state index contributed by atoms with van der Waals surface area (Å²) in [6.45, 7) is 0. The highest BCUT2D eigenvalue weighted by atomic mass is 32.2. The van der Waals surface area contributed by atoms with E-state index in [4.69, 9.17) is 19.6 Å². The Kier molecular flexibility index (Phi) is 5.33. The molecule has 0 aromatic heterocycles. The number of methoxy groups -OCH3 is 3. The van der Waals surface area contributed by atoms with Gasteiger partial charge in [-0.15, -0.1) is 0 Å². The van der Waals surface area contributed by atoms with E-state index in [9.17, 15) is 4.79 Å². The third kappa shape index (κ3) is 3.25. The number of hydrogen-bond donors (Lipinski definition) is 1. The van der Waals surface area contributed by atoms with E-state index in [1.165, 1.54) is 33.1 Å². The molecule has 1 amide bonds. The Bertz CT molecular complexity index is 1120. The average Bonchev–Trinajstić information content (AvgIpc) is 3.20. The van der Waals surface area contributed by atoms with Crippen molar-refractivity contribution in [1.29, 1.82) is 5.41 Å². The minimum atomic E-state index is -0.474. The molecular weight excluding hydrogens is 402 g/mol. The molecule has 2 aliphatic heterocycles. The Morgan fingerprint density at radius 1 is 1.00 bits per heavy atom. The van der Waals surface area contributed by atoms with Crippen LogP contribution >= 0.6 is 11.8 Å². The molecule has 2 aliphatic rings. The van der Waals surface area contributed by atoms with E-state index >= 15 is 0 Å². The van der Waals surface area contributed by atoms with Crippen LogP contribution in [0.15, 0.2) is 58.4 Å². The molecule has 2 heterocycles. The van der Waals surface area contributed by atoms with Crippen LogP contribution in [-0.2, 0) is 4.79 Å². The number of nitrogens with zero attached hydrogens (tertiary/aromatic N) is 2. The van der Waals surface area contributed by atoms with Crippen molar-refractivity contribution < 1.29 is 19.0 Å². The van der Waals surface area contributed by atoms with Crippen molar-refractivity contribution in [3.8, 4) is 17.2 Å². The molecule has 7 nitrogen and oxygen atoms in total. The van der Waals surface area contributed by atoms with Crippen LogP contribution in [0.5, 0.6) is 17.2 Å². The molecule has 0 bridgehead atoms. The fraction of sp³-hybridized carbons (Fsp3) is 0.136. The van der Waals surface area contributed by atoms with E-state index in [1.807, 2.05) is 35.7 Å². The molecule has 0 saturated heterocycles. The molecule has 0 aliphatic carbocycles. The summed E-state index contributed by atoms with van der Waals surface area (Å²) in [5.74, 6) is 0.914. The summed E-state index contributed by atoms with van der Waals surface area (Å²) in [5, 5.41) is 11.1. The molecule has 4 rings (SSSR count). The van der Waals surface area contributed by atoms with Gasteiger partial charge in [0.1, 0.15) is 5.84 Å². The second kappa shape index (κ2) is 8.08. The highest BCUT2D eigenvalue weighted by molar-refractivity contribution is 8.17. The average molecular weight is 421 g/mol. The molecule has 8 heteroatoms. The number of aliphatic imine (C=N–C) groups is 1. The Labute approximate surface area is 178 Å². The van der Waals surface area contributed by atoms with Crippen molar-refractivity contribution in [2.45, 2.75) is 0 Å². The van der Waals surface area contributed by atoms with Gasteiger partial charge >= 0.3 is 0 Å². The third-order valence-corrected chi connectivity index (χ3v) is 5.54. The van der Waals surface area contributed by atoms with Gasteiger partial charge in [0.15, 0.2) is 16.7 Å². The summed E-state index contributed by atoms with van der Waals surface area (Å²) in [6, 6.07) is 13.2. The van der Waals surface area contributed by atoms with Crippen molar-refractivity contribution in [1.82, 2.24) is 4.90 Å². The number of rotatable bonds is 5. The normalized spacial score (nSPS) is 16.9. The summed E-state index contributed by atoms with van der Waals surface area (Å²) in [5.41, 5.74) is 2.49. The molecule has 152 valence electrons. The SMILES string of the molecule is COc1ccc(/C=C2/C(=N)N3C(c4ccccc4)=CSC3=NC2=O)c(OC)c1OC. The summed E-state index contributed by atoms with van der Waals surface area (Å²) >= 11 is 1.33. The predicted octanol–water partition coefficient (Wildman–Crippen LogP) is 4.02. The minimum Gasteiger partial charge on any atom is -0.493 e. The van der Waals surface area contributed by atoms with Gasteiger partial charge in [0.05, 0.1) is 32.6 Å². The lowest BCUT2D eigenvalue weighted by Crippen LogP contribution is -2.38. The van der Waals surface area contributed by atoms with E-state index in [-0.39, 0.29) is 11.4 Å². The van der Waals surface area contributed by atoms with Crippen molar-refractivity contribution in [3.63, 3.8) is 0 Å². The fourth-order valence-corrected chi connectivity index (χ4v) is 4.20. The third-order valence-electron chi connectivity index (χ3n) is 4.72. The molecule has 2 aromatic carbocycles. The van der Waals surface area contributed by atoms with Gasteiger partial charge in [0, 0.05) is 11.0 Å². The highest BCUT2D eigenvalue weighted by Crippen LogP contribution is 2.42. The monoisotopic (exact) mass is 421 g/mol. The lowest BCUT2D eigenvalue weighted by molar-refractivity contribution is -0.114. The van der Waals surface area contributed by atoms with Gasteiger partial charge in [0.25, 0.3) is 5.91 Å². The Balaban J connectivity index is 1.78. The van der Waals surface area contributed by atoms with E-state index in [0.29, 0.717) is 28.0 Å². The quantitative estimate of drug-likeness (QED) is 0.734. The molecule has 0 radical (unpaired) electrons. The maximum absolute atomic E-state index is 12.7. The first-order valence-electron chi connectivity index (χ1n) is 9.04. The van der Waals surface area contributed by atoms with Crippen molar-refractivity contribution in [2.75, 3.05) is 21.3 Å². The predicted molar refractivity (Wildman–Crippen MR) is 118 cm³/mol. The number of carbonyl (C=O) groups excluding carboxylic acids is 1. The molecule has 0 atom stereocenters. The molecular formula is C22H19N3O4S. The highest BCUT2D eigenvalue weighted by Gasteiger charge is 2.36. The number of benzene rings is 2. The van der Waals surface area contributed by atoms with E-state index in [2.05, 4.69) is 4.99 Å². The zero-order valence-electron chi connectivity index (χ0n) is 16.6. The Morgan fingerprint density at radius 2 is 1.73 bits per heavy atom. The van der Waals surface area contributed by atoms with Crippen molar-refractivity contribution in [2.24, 2.45) is 4.99 Å². The first-order valence-corrected chi connectivity index (χ1v) is 9.92. The smallest absolute Gasteiger partial charge is 0.283 e. The summed E-state index contributed by atoms with van der Waals surface area (Å²) in [6.07, 6.45) is 1.59. The standard InChI is InChI=1S/C22H19N3O4S/c1-27-17-10-9-14(18(28-2)19(17)29-3)11-15-20(23)25-16(13-7-5-4-6-8-13)12-30-22(25)24-21(15)26/h4-12,23H,1-3H3/b15-11-,23-20?. The zero-order chi connectivity index (χ0) is 21.3. The van der Waals surface area contributed by atoms with Gasteiger partial charge in [-0.05, 0) is 23.8 Å². The molecule has 2 aromatic rings. The van der Waals surface area contributed by atoms with Gasteiger partial charge < -0.3 is 14.2 Å².